The minimum Gasteiger partial charge on any atom is -0.457 e. The van der Waals surface area contributed by atoms with Gasteiger partial charge in [-0.25, -0.2) is 0 Å². The third-order valence-electron chi connectivity index (χ3n) is 4.72. The van der Waals surface area contributed by atoms with Crippen molar-refractivity contribution < 1.29 is 14.3 Å². The lowest BCUT2D eigenvalue weighted by atomic mass is 9.92. The summed E-state index contributed by atoms with van der Waals surface area (Å²) in [6, 6.07) is 15.1. The van der Waals surface area contributed by atoms with Gasteiger partial charge in [-0.15, -0.1) is 0 Å². The first-order valence-corrected chi connectivity index (χ1v) is 9.07. The molecule has 1 fully saturated rings. The lowest BCUT2D eigenvalue weighted by Gasteiger charge is -2.26. The van der Waals surface area contributed by atoms with E-state index in [2.05, 4.69) is 5.32 Å². The number of para-hydroxylation sites is 1. The van der Waals surface area contributed by atoms with E-state index in [4.69, 9.17) is 15.2 Å². The number of ether oxygens (including phenoxy) is 2. The fourth-order valence-electron chi connectivity index (χ4n) is 3.14. The fraction of sp³-hybridized carbons (Fsp3) is 0.381. The van der Waals surface area contributed by atoms with E-state index in [9.17, 15) is 4.79 Å². The van der Waals surface area contributed by atoms with Gasteiger partial charge in [0, 0.05) is 25.3 Å². The number of hydrogen-bond acceptors (Lipinski definition) is 4. The third kappa shape index (κ3) is 4.84. The molecule has 0 bridgehead atoms. The van der Waals surface area contributed by atoms with Gasteiger partial charge in [0.05, 0.1) is 6.04 Å². The fourth-order valence-corrected chi connectivity index (χ4v) is 3.14. The van der Waals surface area contributed by atoms with Crippen molar-refractivity contribution in [2.24, 2.45) is 11.7 Å². The standard InChI is InChI=1S/C21H26N2O3/c1-15-5-4-7-18(13-15)26-19-8-3-2-6-17(19)14-23-21(24)20(22)16-9-11-25-12-10-16/h2-8,13,16,20H,9-12,14,22H2,1H3,(H,23,24). The van der Waals surface area contributed by atoms with Crippen molar-refractivity contribution in [2.45, 2.75) is 32.4 Å². The summed E-state index contributed by atoms with van der Waals surface area (Å²) in [7, 11) is 0. The maximum Gasteiger partial charge on any atom is 0.237 e. The Morgan fingerprint density at radius 1 is 1.23 bits per heavy atom. The lowest BCUT2D eigenvalue weighted by Crippen LogP contribution is -2.46. The van der Waals surface area contributed by atoms with E-state index in [0.717, 1.165) is 35.5 Å². The van der Waals surface area contributed by atoms with Gasteiger partial charge < -0.3 is 20.5 Å². The van der Waals surface area contributed by atoms with Gasteiger partial charge in [0.1, 0.15) is 11.5 Å². The van der Waals surface area contributed by atoms with Gasteiger partial charge in [0.15, 0.2) is 0 Å². The summed E-state index contributed by atoms with van der Waals surface area (Å²) in [5.74, 6) is 1.57. The summed E-state index contributed by atoms with van der Waals surface area (Å²) < 4.78 is 11.3. The largest absolute Gasteiger partial charge is 0.457 e. The molecule has 0 saturated carbocycles. The Labute approximate surface area is 154 Å². The molecule has 0 spiro atoms. The van der Waals surface area contributed by atoms with Crippen LogP contribution in [0.2, 0.25) is 0 Å². The highest BCUT2D eigenvalue weighted by molar-refractivity contribution is 5.81. The van der Waals surface area contributed by atoms with E-state index < -0.39 is 6.04 Å². The lowest BCUT2D eigenvalue weighted by molar-refractivity contribution is -0.124. The summed E-state index contributed by atoms with van der Waals surface area (Å²) >= 11 is 0. The van der Waals surface area contributed by atoms with Crippen LogP contribution in [-0.4, -0.2) is 25.2 Å². The molecule has 1 aliphatic heterocycles. The monoisotopic (exact) mass is 354 g/mol. The van der Waals surface area contributed by atoms with Crippen molar-refractivity contribution in [2.75, 3.05) is 13.2 Å². The first kappa shape index (κ1) is 18.4. The van der Waals surface area contributed by atoms with E-state index in [0.29, 0.717) is 19.8 Å². The van der Waals surface area contributed by atoms with Crippen molar-refractivity contribution in [1.29, 1.82) is 0 Å². The van der Waals surface area contributed by atoms with Crippen LogP contribution in [0.4, 0.5) is 0 Å². The maximum atomic E-state index is 12.4. The molecule has 2 aromatic rings. The number of nitrogens with one attached hydrogen (secondary N) is 1. The van der Waals surface area contributed by atoms with Crippen molar-refractivity contribution >= 4 is 5.91 Å². The van der Waals surface area contributed by atoms with Gasteiger partial charge in [-0.05, 0) is 49.4 Å². The summed E-state index contributed by atoms with van der Waals surface area (Å²) in [6.45, 7) is 3.77. The molecule has 26 heavy (non-hydrogen) atoms. The van der Waals surface area contributed by atoms with Crippen molar-refractivity contribution in [3.05, 3.63) is 59.7 Å². The molecule has 0 radical (unpaired) electrons. The Hall–Kier alpha value is -2.37. The van der Waals surface area contributed by atoms with Crippen LogP contribution in [0.25, 0.3) is 0 Å². The summed E-state index contributed by atoms with van der Waals surface area (Å²) in [5.41, 5.74) is 8.19. The zero-order valence-corrected chi connectivity index (χ0v) is 15.1. The third-order valence-corrected chi connectivity index (χ3v) is 4.72. The van der Waals surface area contributed by atoms with Crippen LogP contribution in [0.1, 0.15) is 24.0 Å². The molecule has 3 N–H and O–H groups in total. The number of carbonyl (C=O) groups excluding carboxylic acids is 1. The van der Waals surface area contributed by atoms with Gasteiger partial charge >= 0.3 is 0 Å². The number of rotatable bonds is 6. The Balaban J connectivity index is 1.62. The molecular weight excluding hydrogens is 328 g/mol. The number of aryl methyl sites for hydroxylation is 1. The maximum absolute atomic E-state index is 12.4. The highest BCUT2D eigenvalue weighted by Gasteiger charge is 2.26. The van der Waals surface area contributed by atoms with Gasteiger partial charge in [0.25, 0.3) is 0 Å². The van der Waals surface area contributed by atoms with Crippen LogP contribution in [0, 0.1) is 12.8 Å². The van der Waals surface area contributed by atoms with Gasteiger partial charge in [-0.3, -0.25) is 4.79 Å². The number of benzene rings is 2. The Kier molecular flexibility index (Phi) is 6.26. The van der Waals surface area contributed by atoms with E-state index in [1.54, 1.807) is 0 Å². The van der Waals surface area contributed by atoms with Crippen molar-refractivity contribution in [3.8, 4) is 11.5 Å². The SMILES string of the molecule is Cc1cccc(Oc2ccccc2CNC(=O)C(N)C2CCOCC2)c1. The summed E-state index contributed by atoms with van der Waals surface area (Å²) in [4.78, 5) is 12.4. The Morgan fingerprint density at radius 2 is 2.00 bits per heavy atom. The highest BCUT2D eigenvalue weighted by atomic mass is 16.5. The topological polar surface area (TPSA) is 73.6 Å². The Morgan fingerprint density at radius 3 is 2.77 bits per heavy atom. The zero-order valence-electron chi connectivity index (χ0n) is 15.1. The highest BCUT2D eigenvalue weighted by Crippen LogP contribution is 2.26. The average molecular weight is 354 g/mol. The zero-order chi connectivity index (χ0) is 18.4. The molecule has 0 aliphatic carbocycles. The Bertz CT molecular complexity index is 742. The molecule has 1 heterocycles. The molecule has 5 heteroatoms. The van der Waals surface area contributed by atoms with E-state index >= 15 is 0 Å². The predicted octanol–water partition coefficient (Wildman–Crippen LogP) is 3.16. The molecule has 5 nitrogen and oxygen atoms in total. The first-order chi connectivity index (χ1) is 12.6. The minimum atomic E-state index is -0.497. The van der Waals surface area contributed by atoms with Gasteiger partial charge in [-0.2, -0.15) is 0 Å². The van der Waals surface area contributed by atoms with Crippen LogP contribution in [0.3, 0.4) is 0 Å². The molecule has 1 unspecified atom stereocenters. The summed E-state index contributed by atoms with van der Waals surface area (Å²) in [5, 5.41) is 2.95. The number of hydrogen-bond donors (Lipinski definition) is 2. The predicted molar refractivity (Wildman–Crippen MR) is 101 cm³/mol. The number of nitrogens with two attached hydrogens (primary N) is 1. The normalized spacial score (nSPS) is 16.1. The molecule has 3 rings (SSSR count). The molecule has 138 valence electrons. The molecular formula is C21H26N2O3. The van der Waals surface area contributed by atoms with Crippen LogP contribution >= 0.6 is 0 Å². The molecule has 1 aliphatic rings. The van der Waals surface area contributed by atoms with Gasteiger partial charge in [0.2, 0.25) is 5.91 Å². The average Bonchev–Trinajstić information content (AvgIpc) is 2.67. The molecule has 2 aromatic carbocycles. The van der Waals surface area contributed by atoms with Crippen molar-refractivity contribution in [3.63, 3.8) is 0 Å². The van der Waals surface area contributed by atoms with Crippen LogP contribution in [0.15, 0.2) is 48.5 Å². The van der Waals surface area contributed by atoms with Crippen LogP contribution in [-0.2, 0) is 16.1 Å². The molecule has 1 atom stereocenters. The number of carbonyl (C=O) groups is 1. The quantitative estimate of drug-likeness (QED) is 0.836. The van der Waals surface area contributed by atoms with E-state index in [1.807, 2.05) is 55.5 Å². The second-order valence-electron chi connectivity index (χ2n) is 6.72. The van der Waals surface area contributed by atoms with Crippen molar-refractivity contribution in [1.82, 2.24) is 5.32 Å². The second-order valence-corrected chi connectivity index (χ2v) is 6.72. The summed E-state index contributed by atoms with van der Waals surface area (Å²) in [6.07, 6.45) is 1.67. The molecule has 1 amide bonds. The number of amides is 1. The van der Waals surface area contributed by atoms with Gasteiger partial charge in [-0.1, -0.05) is 30.3 Å². The first-order valence-electron chi connectivity index (χ1n) is 9.07. The minimum absolute atomic E-state index is 0.123. The molecule has 0 aromatic heterocycles. The van der Waals surface area contributed by atoms with Crippen LogP contribution < -0.4 is 15.8 Å². The van der Waals surface area contributed by atoms with E-state index in [1.165, 1.54) is 0 Å². The second kappa shape index (κ2) is 8.83. The molecule has 1 saturated heterocycles. The smallest absolute Gasteiger partial charge is 0.237 e. The van der Waals surface area contributed by atoms with Crippen LogP contribution in [0.5, 0.6) is 11.5 Å². The van der Waals surface area contributed by atoms with E-state index in [-0.39, 0.29) is 11.8 Å².